The van der Waals surface area contributed by atoms with Crippen molar-refractivity contribution in [1.29, 1.82) is 0 Å². The van der Waals surface area contributed by atoms with Crippen LogP contribution in [0, 0.1) is 0 Å². The Kier molecular flexibility index (Phi) is 3.52. The highest BCUT2D eigenvalue weighted by Gasteiger charge is 2.18. The molecule has 3 aromatic rings. The number of halogens is 1. The number of benzene rings is 1. The van der Waals surface area contributed by atoms with E-state index in [0.717, 1.165) is 10.1 Å². The van der Waals surface area contributed by atoms with Crippen molar-refractivity contribution in [2.24, 2.45) is 7.05 Å². The van der Waals surface area contributed by atoms with E-state index in [1.807, 2.05) is 12.1 Å². The van der Waals surface area contributed by atoms with Crippen LogP contribution in [0.3, 0.4) is 0 Å². The molecule has 1 aromatic carbocycles. The monoisotopic (exact) mass is 321 g/mol. The molecule has 2 aromatic heterocycles. The van der Waals surface area contributed by atoms with Crippen LogP contribution in [-0.2, 0) is 13.6 Å². The van der Waals surface area contributed by atoms with Gasteiger partial charge in [0.15, 0.2) is 5.82 Å². The molecule has 0 fully saturated rings. The van der Waals surface area contributed by atoms with Crippen LogP contribution in [0.25, 0.3) is 10.1 Å². The number of aryl methyl sites for hydroxylation is 1. The third-order valence-electron chi connectivity index (χ3n) is 2.96. The minimum absolute atomic E-state index is 0.251. The number of nitrogens with two attached hydrogens (primary N) is 1. The average Bonchev–Trinajstić information content (AvgIpc) is 3.01. The zero-order chi connectivity index (χ0) is 15.0. The molecule has 0 saturated carbocycles. The topological polar surface area (TPSA) is 85.8 Å². The summed E-state index contributed by atoms with van der Waals surface area (Å²) in [5.41, 5.74) is 6.45. The number of fused-ring (bicyclic) bond motifs is 1. The Balaban J connectivity index is 1.84. The van der Waals surface area contributed by atoms with Crippen LogP contribution >= 0.6 is 22.9 Å². The molecule has 3 N–H and O–H groups in total. The predicted octanol–water partition coefficient (Wildman–Crippen LogP) is 2.20. The Morgan fingerprint density at radius 1 is 1.52 bits per heavy atom. The molecule has 2 heterocycles. The van der Waals surface area contributed by atoms with Crippen LogP contribution in [0.4, 0.5) is 5.69 Å². The van der Waals surface area contributed by atoms with Crippen molar-refractivity contribution < 1.29 is 4.79 Å². The van der Waals surface area contributed by atoms with Gasteiger partial charge in [-0.15, -0.1) is 11.3 Å². The molecule has 0 aliphatic carbocycles. The van der Waals surface area contributed by atoms with Crippen LogP contribution in [-0.4, -0.2) is 20.7 Å². The van der Waals surface area contributed by atoms with E-state index in [4.69, 9.17) is 17.3 Å². The van der Waals surface area contributed by atoms with Crippen LogP contribution in [0.2, 0.25) is 5.02 Å². The maximum atomic E-state index is 12.2. The first kappa shape index (κ1) is 13.8. The first-order chi connectivity index (χ1) is 10.1. The average molecular weight is 322 g/mol. The quantitative estimate of drug-likeness (QED) is 0.774. The summed E-state index contributed by atoms with van der Waals surface area (Å²) in [5.74, 6) is 0.292. The zero-order valence-corrected chi connectivity index (χ0v) is 12.7. The van der Waals surface area contributed by atoms with Crippen molar-refractivity contribution in [3.05, 3.63) is 40.3 Å². The lowest BCUT2D eigenvalue weighted by atomic mass is 10.2. The van der Waals surface area contributed by atoms with Crippen LogP contribution in [0.5, 0.6) is 0 Å². The summed E-state index contributed by atoms with van der Waals surface area (Å²) in [6, 6.07) is 5.48. The number of nitrogen functional groups attached to an aromatic ring is 1. The first-order valence-electron chi connectivity index (χ1n) is 6.15. The second kappa shape index (κ2) is 5.34. The minimum atomic E-state index is -0.253. The molecule has 1 amide bonds. The van der Waals surface area contributed by atoms with Gasteiger partial charge in [-0.2, -0.15) is 5.10 Å². The molecular weight excluding hydrogens is 310 g/mol. The molecule has 0 aliphatic heterocycles. The van der Waals surface area contributed by atoms with Gasteiger partial charge in [0, 0.05) is 17.1 Å². The lowest BCUT2D eigenvalue weighted by Crippen LogP contribution is -2.23. The molecule has 0 saturated heterocycles. The Morgan fingerprint density at radius 3 is 3.00 bits per heavy atom. The normalized spacial score (nSPS) is 11.0. The molecule has 6 nitrogen and oxygen atoms in total. The van der Waals surface area contributed by atoms with Gasteiger partial charge in [0.2, 0.25) is 0 Å². The summed E-state index contributed by atoms with van der Waals surface area (Å²) >= 11 is 7.45. The highest BCUT2D eigenvalue weighted by atomic mass is 35.5. The fourth-order valence-electron chi connectivity index (χ4n) is 2.00. The van der Waals surface area contributed by atoms with Crippen molar-refractivity contribution in [2.45, 2.75) is 6.54 Å². The molecule has 0 unspecified atom stereocenters. The molecule has 8 heteroatoms. The molecular formula is C13H12ClN5OS. The highest BCUT2D eigenvalue weighted by molar-refractivity contribution is 7.21. The van der Waals surface area contributed by atoms with Crippen molar-refractivity contribution in [3.63, 3.8) is 0 Å². The SMILES string of the molecule is Cn1cnc(CNC(=O)c2sc3cccc(Cl)c3c2N)n1. The Labute approximate surface area is 129 Å². The van der Waals surface area contributed by atoms with Gasteiger partial charge in [-0.05, 0) is 12.1 Å². The third-order valence-corrected chi connectivity index (χ3v) is 4.45. The van der Waals surface area contributed by atoms with E-state index in [9.17, 15) is 4.79 Å². The number of rotatable bonds is 3. The van der Waals surface area contributed by atoms with E-state index < -0.39 is 0 Å². The smallest absolute Gasteiger partial charge is 0.263 e. The van der Waals surface area contributed by atoms with Gasteiger partial charge in [0.05, 0.1) is 17.3 Å². The number of aromatic nitrogens is 3. The Morgan fingerprint density at radius 2 is 2.33 bits per heavy atom. The van der Waals surface area contributed by atoms with E-state index in [-0.39, 0.29) is 12.5 Å². The molecule has 21 heavy (non-hydrogen) atoms. The summed E-state index contributed by atoms with van der Waals surface area (Å²) in [4.78, 5) is 16.7. The van der Waals surface area contributed by atoms with Gasteiger partial charge in [0.1, 0.15) is 11.2 Å². The van der Waals surface area contributed by atoms with E-state index >= 15 is 0 Å². The number of hydrogen-bond donors (Lipinski definition) is 2. The standard InChI is InChI=1S/C13H12ClN5OS/c1-19-6-17-9(18-19)5-16-13(20)12-11(15)10-7(14)3-2-4-8(10)21-12/h2-4,6H,5,15H2,1H3,(H,16,20). The summed E-state index contributed by atoms with van der Waals surface area (Å²) < 4.78 is 2.47. The third kappa shape index (κ3) is 2.57. The number of carbonyl (C=O) groups excluding carboxylic acids is 1. The summed E-state index contributed by atoms with van der Waals surface area (Å²) in [5, 5.41) is 8.13. The maximum absolute atomic E-state index is 12.2. The molecule has 0 aliphatic rings. The number of thiophene rings is 1. The summed E-state index contributed by atoms with van der Waals surface area (Å²) in [6.45, 7) is 0.251. The van der Waals surface area contributed by atoms with E-state index in [1.54, 1.807) is 24.1 Å². The summed E-state index contributed by atoms with van der Waals surface area (Å²) in [6.07, 6.45) is 1.58. The second-order valence-corrected chi connectivity index (χ2v) is 5.93. The number of anilines is 1. The Bertz CT molecular complexity index is 825. The van der Waals surface area contributed by atoms with Crippen LogP contribution in [0.15, 0.2) is 24.5 Å². The summed E-state index contributed by atoms with van der Waals surface area (Å²) in [7, 11) is 1.77. The number of nitrogens with zero attached hydrogens (tertiary/aromatic N) is 3. The van der Waals surface area contributed by atoms with Crippen molar-refractivity contribution in [2.75, 3.05) is 5.73 Å². The zero-order valence-electron chi connectivity index (χ0n) is 11.1. The molecule has 108 valence electrons. The van der Waals surface area contributed by atoms with Gasteiger partial charge >= 0.3 is 0 Å². The molecule has 0 bridgehead atoms. The lowest BCUT2D eigenvalue weighted by molar-refractivity contribution is 0.0955. The van der Waals surface area contributed by atoms with Gasteiger partial charge in [-0.25, -0.2) is 4.98 Å². The number of amides is 1. The Hall–Kier alpha value is -2.12. The number of hydrogen-bond acceptors (Lipinski definition) is 5. The van der Waals surface area contributed by atoms with Gasteiger partial charge in [-0.3, -0.25) is 9.48 Å². The van der Waals surface area contributed by atoms with Gasteiger partial charge < -0.3 is 11.1 Å². The molecule has 0 spiro atoms. The minimum Gasteiger partial charge on any atom is -0.397 e. The van der Waals surface area contributed by atoms with E-state index in [1.165, 1.54) is 11.3 Å². The largest absolute Gasteiger partial charge is 0.397 e. The predicted molar refractivity (Wildman–Crippen MR) is 83.4 cm³/mol. The molecule has 0 radical (unpaired) electrons. The van der Waals surface area contributed by atoms with Crippen LogP contribution in [0.1, 0.15) is 15.5 Å². The van der Waals surface area contributed by atoms with Gasteiger partial charge in [0.25, 0.3) is 5.91 Å². The number of nitrogens with one attached hydrogen (secondary N) is 1. The fourth-order valence-corrected chi connectivity index (χ4v) is 3.40. The van der Waals surface area contributed by atoms with E-state index in [0.29, 0.717) is 21.4 Å². The molecule has 0 atom stereocenters. The van der Waals surface area contributed by atoms with Crippen LogP contribution < -0.4 is 11.1 Å². The van der Waals surface area contributed by atoms with E-state index in [2.05, 4.69) is 15.4 Å². The second-order valence-electron chi connectivity index (χ2n) is 4.47. The first-order valence-corrected chi connectivity index (χ1v) is 7.35. The molecule has 3 rings (SSSR count). The van der Waals surface area contributed by atoms with Crippen molar-refractivity contribution >= 4 is 44.6 Å². The highest BCUT2D eigenvalue weighted by Crippen LogP contribution is 2.37. The van der Waals surface area contributed by atoms with Crippen molar-refractivity contribution in [3.8, 4) is 0 Å². The van der Waals surface area contributed by atoms with Gasteiger partial charge in [-0.1, -0.05) is 17.7 Å². The number of carbonyl (C=O) groups is 1. The maximum Gasteiger partial charge on any atom is 0.263 e. The lowest BCUT2D eigenvalue weighted by Gasteiger charge is -2.01. The fraction of sp³-hybridized carbons (Fsp3) is 0.154. The van der Waals surface area contributed by atoms with Crippen molar-refractivity contribution in [1.82, 2.24) is 20.1 Å².